The number of nitrogens with two attached hydrogens (primary N) is 1. The first-order valence-corrected chi connectivity index (χ1v) is 4.59. The Bertz CT molecular complexity index is 61.5. The molecule has 4 heteroatoms. The molecular formula is C4H13NO2S. The van der Waals surface area contributed by atoms with E-state index in [9.17, 15) is 0 Å². The summed E-state index contributed by atoms with van der Waals surface area (Å²) >= 11 is 0. The lowest BCUT2D eigenvalue weighted by molar-refractivity contribution is 0.493. The van der Waals surface area contributed by atoms with Gasteiger partial charge in [-0.2, -0.15) is 10.6 Å². The fourth-order valence-corrected chi connectivity index (χ4v) is 1.07. The zero-order chi connectivity index (χ0) is 6.62. The molecule has 0 aliphatic heterocycles. The Labute approximate surface area is 51.2 Å². The van der Waals surface area contributed by atoms with E-state index in [0.717, 1.165) is 0 Å². The van der Waals surface area contributed by atoms with E-state index >= 15 is 0 Å². The van der Waals surface area contributed by atoms with Crippen LogP contribution in [0.1, 0.15) is 6.42 Å². The molecule has 0 aliphatic carbocycles. The van der Waals surface area contributed by atoms with Crippen LogP contribution in [0.15, 0.2) is 0 Å². The summed E-state index contributed by atoms with van der Waals surface area (Å²) in [4.78, 5) is 0. The molecule has 0 aromatic carbocycles. The molecule has 0 saturated carbocycles. The highest BCUT2D eigenvalue weighted by atomic mass is 32.3. The van der Waals surface area contributed by atoms with Crippen molar-refractivity contribution in [2.24, 2.45) is 5.73 Å². The van der Waals surface area contributed by atoms with Gasteiger partial charge in [0, 0.05) is 12.0 Å². The fourth-order valence-electron chi connectivity index (χ4n) is 0.357. The number of rotatable bonds is 3. The van der Waals surface area contributed by atoms with Crippen molar-refractivity contribution in [3.05, 3.63) is 0 Å². The van der Waals surface area contributed by atoms with Crippen molar-refractivity contribution in [1.29, 1.82) is 0 Å². The second-order valence-electron chi connectivity index (χ2n) is 1.84. The zero-order valence-electron chi connectivity index (χ0n) is 5.00. The second kappa shape index (κ2) is 3.29. The summed E-state index contributed by atoms with van der Waals surface area (Å²) in [6.45, 7) is 0.531. The van der Waals surface area contributed by atoms with Gasteiger partial charge < -0.3 is 5.73 Å². The van der Waals surface area contributed by atoms with E-state index in [4.69, 9.17) is 14.8 Å². The number of hydrogen-bond donors (Lipinski definition) is 3. The van der Waals surface area contributed by atoms with Gasteiger partial charge in [-0.15, -0.1) is 0 Å². The highest BCUT2D eigenvalue weighted by Gasteiger charge is 2.00. The van der Waals surface area contributed by atoms with Gasteiger partial charge in [0.25, 0.3) is 0 Å². The lowest BCUT2D eigenvalue weighted by Crippen LogP contribution is -2.06. The van der Waals surface area contributed by atoms with Crippen LogP contribution in [-0.2, 0) is 0 Å². The first-order valence-electron chi connectivity index (χ1n) is 2.47. The van der Waals surface area contributed by atoms with Crippen LogP contribution < -0.4 is 5.73 Å². The first kappa shape index (κ1) is 8.23. The summed E-state index contributed by atoms with van der Waals surface area (Å²) in [5, 5.41) is 0. The molecule has 8 heavy (non-hydrogen) atoms. The Balaban J connectivity index is 3.11. The van der Waals surface area contributed by atoms with E-state index in [1.165, 1.54) is 6.26 Å². The maximum atomic E-state index is 8.73. The smallest absolute Gasteiger partial charge is 0.0383 e. The molecule has 0 aromatic heterocycles. The predicted molar refractivity (Wildman–Crippen MR) is 37.3 cm³/mol. The average Bonchev–Trinajstić information content (AvgIpc) is 1.59. The molecule has 0 saturated heterocycles. The van der Waals surface area contributed by atoms with Gasteiger partial charge in [-0.3, -0.25) is 9.11 Å². The molecule has 0 radical (unpaired) electrons. The van der Waals surface area contributed by atoms with Crippen molar-refractivity contribution in [3.8, 4) is 0 Å². The monoisotopic (exact) mass is 139 g/mol. The highest BCUT2D eigenvalue weighted by Crippen LogP contribution is 2.33. The van der Waals surface area contributed by atoms with Crippen LogP contribution in [0.25, 0.3) is 0 Å². The van der Waals surface area contributed by atoms with E-state index in [0.29, 0.717) is 18.7 Å². The molecule has 0 rings (SSSR count). The van der Waals surface area contributed by atoms with Crippen molar-refractivity contribution in [2.45, 2.75) is 6.42 Å². The minimum atomic E-state index is -2.27. The lowest BCUT2D eigenvalue weighted by Gasteiger charge is -2.25. The van der Waals surface area contributed by atoms with Gasteiger partial charge in [-0.1, -0.05) is 0 Å². The van der Waals surface area contributed by atoms with E-state index in [-0.39, 0.29) is 0 Å². The molecule has 0 bridgehead atoms. The molecule has 4 N–H and O–H groups in total. The van der Waals surface area contributed by atoms with E-state index in [1.54, 1.807) is 0 Å². The normalized spacial score (nSPS) is 14.0. The molecule has 0 atom stereocenters. The van der Waals surface area contributed by atoms with E-state index in [2.05, 4.69) is 0 Å². The summed E-state index contributed by atoms with van der Waals surface area (Å²) < 4.78 is 17.5. The summed E-state index contributed by atoms with van der Waals surface area (Å²) in [5.41, 5.74) is 5.13. The molecule has 0 aliphatic rings. The van der Waals surface area contributed by atoms with Crippen LogP contribution in [0.5, 0.6) is 0 Å². The third-order valence-electron chi connectivity index (χ3n) is 0.735. The van der Waals surface area contributed by atoms with Crippen LogP contribution in [-0.4, -0.2) is 27.7 Å². The Morgan fingerprint density at radius 1 is 1.50 bits per heavy atom. The second-order valence-corrected chi connectivity index (χ2v) is 4.24. The minimum Gasteiger partial charge on any atom is -0.330 e. The van der Waals surface area contributed by atoms with Gasteiger partial charge in [0.05, 0.1) is 0 Å². The molecule has 52 valence electrons. The Hall–Kier alpha value is 0.230. The zero-order valence-corrected chi connectivity index (χ0v) is 5.82. The lowest BCUT2D eigenvalue weighted by atomic mass is 10.5. The van der Waals surface area contributed by atoms with Gasteiger partial charge in [-0.25, -0.2) is 0 Å². The molecule has 0 amide bonds. The molecule has 0 spiro atoms. The van der Waals surface area contributed by atoms with Crippen LogP contribution in [0.2, 0.25) is 0 Å². The van der Waals surface area contributed by atoms with Crippen molar-refractivity contribution < 1.29 is 9.11 Å². The SMILES string of the molecule is CS(O)(O)CCCN. The van der Waals surface area contributed by atoms with E-state index in [1.807, 2.05) is 0 Å². The van der Waals surface area contributed by atoms with Gasteiger partial charge in [0.2, 0.25) is 0 Å². The quantitative estimate of drug-likeness (QED) is 0.539. The molecule has 0 fully saturated rings. The standard InChI is InChI=1S/C4H13NO2S/c1-8(6,7)4-2-3-5/h6-7H,2-5H2,1H3. The molecule has 0 aromatic rings. The summed E-state index contributed by atoms with van der Waals surface area (Å²) in [7, 11) is -2.27. The highest BCUT2D eigenvalue weighted by molar-refractivity contribution is 8.23. The number of hydrogen-bond acceptors (Lipinski definition) is 3. The average molecular weight is 139 g/mol. The summed E-state index contributed by atoms with van der Waals surface area (Å²) in [6.07, 6.45) is 2.13. The summed E-state index contributed by atoms with van der Waals surface area (Å²) in [6, 6.07) is 0. The van der Waals surface area contributed by atoms with Crippen LogP contribution in [0, 0.1) is 0 Å². The Kier molecular flexibility index (Phi) is 3.39. The molecule has 0 heterocycles. The Morgan fingerprint density at radius 2 is 2.00 bits per heavy atom. The van der Waals surface area contributed by atoms with Crippen LogP contribution in [0.3, 0.4) is 0 Å². The third-order valence-corrected chi connectivity index (χ3v) is 1.80. The topological polar surface area (TPSA) is 66.5 Å². The fraction of sp³-hybridized carbons (Fsp3) is 1.00. The third kappa shape index (κ3) is 6.23. The van der Waals surface area contributed by atoms with E-state index < -0.39 is 10.6 Å². The maximum absolute atomic E-state index is 8.73. The van der Waals surface area contributed by atoms with Crippen molar-refractivity contribution >= 4 is 10.6 Å². The van der Waals surface area contributed by atoms with Crippen molar-refractivity contribution in [3.63, 3.8) is 0 Å². The maximum Gasteiger partial charge on any atom is 0.0383 e. The van der Waals surface area contributed by atoms with Crippen LogP contribution >= 0.6 is 10.6 Å². The largest absolute Gasteiger partial charge is 0.330 e. The summed E-state index contributed by atoms with van der Waals surface area (Å²) in [5.74, 6) is 0.434. The Morgan fingerprint density at radius 3 is 2.12 bits per heavy atom. The minimum absolute atomic E-state index is 0.434. The van der Waals surface area contributed by atoms with Crippen LogP contribution in [0.4, 0.5) is 0 Å². The van der Waals surface area contributed by atoms with Crippen molar-refractivity contribution in [2.75, 3.05) is 18.6 Å². The molecule has 3 nitrogen and oxygen atoms in total. The first-order chi connectivity index (χ1) is 3.56. The van der Waals surface area contributed by atoms with Gasteiger partial charge in [-0.05, 0) is 13.0 Å². The predicted octanol–water partition coefficient (Wildman–Crippen LogP) is 0.716. The van der Waals surface area contributed by atoms with Crippen molar-refractivity contribution in [1.82, 2.24) is 0 Å². The van der Waals surface area contributed by atoms with Gasteiger partial charge >= 0.3 is 0 Å². The molecular weight excluding hydrogens is 126 g/mol. The molecule has 0 unspecified atom stereocenters. The van der Waals surface area contributed by atoms with Gasteiger partial charge in [0.1, 0.15) is 0 Å². The van der Waals surface area contributed by atoms with Gasteiger partial charge in [0.15, 0.2) is 0 Å².